The number of carbonyl (C=O) groups excluding carboxylic acids is 1. The molecule has 2 atom stereocenters. The third-order valence-electron chi connectivity index (χ3n) is 5.68. The van der Waals surface area contributed by atoms with Crippen molar-refractivity contribution >= 4 is 38.3 Å². The molecule has 2 aromatic rings. The van der Waals surface area contributed by atoms with E-state index in [-0.39, 0.29) is 46.6 Å². The summed E-state index contributed by atoms with van der Waals surface area (Å²) in [5.41, 5.74) is -7.46. The second kappa shape index (κ2) is 10.8. The van der Waals surface area contributed by atoms with E-state index in [2.05, 4.69) is 10.2 Å². The maximum Gasteiger partial charge on any atom is 0.428 e. The summed E-state index contributed by atoms with van der Waals surface area (Å²) in [6, 6.07) is 3.20. The van der Waals surface area contributed by atoms with E-state index in [1.54, 1.807) is 0 Å². The number of hydrogen-bond acceptors (Lipinski definition) is 4. The Hall–Kier alpha value is -2.95. The lowest BCUT2D eigenvalue weighted by atomic mass is 9.88. The highest BCUT2D eigenvalue weighted by atomic mass is 35.5. The Morgan fingerprint density at radius 3 is 2.10 bits per heavy atom. The van der Waals surface area contributed by atoms with Gasteiger partial charge in [0.2, 0.25) is 5.60 Å². The smallest absolute Gasteiger partial charge is 0.348 e. The Bertz CT molecular complexity index is 1430. The number of alkyl halides is 9. The van der Waals surface area contributed by atoms with Crippen LogP contribution < -0.4 is 15.9 Å². The minimum atomic E-state index is -5.51. The van der Waals surface area contributed by atoms with Gasteiger partial charge in [-0.25, -0.2) is 0 Å². The molecule has 4 N–H and O–H groups in total. The fourth-order valence-electron chi connectivity index (χ4n) is 3.50. The highest BCUT2D eigenvalue weighted by molar-refractivity contribution is 8.00. The molecule has 0 radical (unpaired) electrons. The number of hydrogen-bond donors (Lipinski definition) is 3. The van der Waals surface area contributed by atoms with Gasteiger partial charge in [-0.05, 0) is 35.9 Å². The number of rotatable bonds is 6. The van der Waals surface area contributed by atoms with E-state index in [1.165, 1.54) is 19.1 Å². The van der Waals surface area contributed by atoms with E-state index in [0.29, 0.717) is 6.08 Å². The Morgan fingerprint density at radius 2 is 1.62 bits per heavy atom. The van der Waals surface area contributed by atoms with Gasteiger partial charge < -0.3 is 5.32 Å². The van der Waals surface area contributed by atoms with Crippen LogP contribution in [0.5, 0.6) is 0 Å². The standard InChI is InChI=1S/C23H19ClF9N3O3S/c1-2-40(34,38)11-19(37)35-10-13-4-3-12(5-17(13)24)18-9-20(39-36-18,23(31,32)33)14-6-15(21(25,26)27)8-16(7-14)22(28,29)30/h3-9,11,36H,2,10H2,1H3,(H2,34,38)(H,35,37). The minimum Gasteiger partial charge on any atom is -0.348 e. The lowest BCUT2D eigenvalue weighted by Crippen LogP contribution is -2.43. The lowest BCUT2D eigenvalue weighted by Gasteiger charge is -2.29. The van der Waals surface area contributed by atoms with Gasteiger partial charge in [0.25, 0.3) is 5.91 Å². The van der Waals surface area contributed by atoms with Gasteiger partial charge in [-0.3, -0.25) is 24.5 Å². The zero-order valence-corrected chi connectivity index (χ0v) is 21.6. The first-order valence-corrected chi connectivity index (χ1v) is 13.2. The molecule has 0 saturated carbocycles. The van der Waals surface area contributed by atoms with Crippen LogP contribution >= 0.6 is 11.6 Å². The molecule has 1 heterocycles. The highest BCUT2D eigenvalue weighted by Crippen LogP contribution is 2.49. The topological polar surface area (TPSA) is 93.5 Å². The normalized spacial score (nSPS) is 19.4. The Morgan fingerprint density at radius 1 is 1.05 bits per heavy atom. The first-order valence-electron chi connectivity index (χ1n) is 10.9. The van der Waals surface area contributed by atoms with Crippen molar-refractivity contribution in [3.8, 4) is 0 Å². The molecule has 0 bridgehead atoms. The first-order chi connectivity index (χ1) is 18.2. The van der Waals surface area contributed by atoms with Crippen LogP contribution in [-0.2, 0) is 43.8 Å². The highest BCUT2D eigenvalue weighted by Gasteiger charge is 2.60. The summed E-state index contributed by atoms with van der Waals surface area (Å²) in [7, 11) is -2.99. The number of benzene rings is 2. The molecule has 1 amide bonds. The Balaban J connectivity index is 2.02. The molecule has 3 rings (SSSR count). The molecular weight excluding hydrogens is 605 g/mol. The molecule has 0 aliphatic carbocycles. The predicted molar refractivity (Wildman–Crippen MR) is 129 cm³/mol. The van der Waals surface area contributed by atoms with Crippen molar-refractivity contribution in [2.45, 2.75) is 37.6 Å². The summed E-state index contributed by atoms with van der Waals surface area (Å²) in [5, 5.41) is 8.53. The van der Waals surface area contributed by atoms with Crippen molar-refractivity contribution < 1.29 is 53.4 Å². The van der Waals surface area contributed by atoms with Crippen LogP contribution in [0.3, 0.4) is 0 Å². The van der Waals surface area contributed by atoms with Crippen LogP contribution in [0.4, 0.5) is 39.5 Å². The van der Waals surface area contributed by atoms with Gasteiger partial charge in [-0.1, -0.05) is 30.7 Å². The molecule has 220 valence electrons. The SMILES string of the molecule is CCS(N)(=O)=CC(=O)NCc1ccc(C2=CC(c3cc(C(F)(F)F)cc(C(F)(F)F)c3)(C(F)(F)F)ON2)cc1Cl. The molecule has 1 aliphatic heterocycles. The van der Waals surface area contributed by atoms with Crippen LogP contribution in [-0.4, -0.2) is 27.4 Å². The average molecular weight is 624 g/mol. The fraction of sp³-hybridized carbons (Fsp3) is 0.304. The number of halogens is 10. The predicted octanol–water partition coefficient (Wildman–Crippen LogP) is 5.31. The van der Waals surface area contributed by atoms with Crippen LogP contribution in [0.15, 0.2) is 42.5 Å². The number of nitrogens with two attached hydrogens (primary N) is 1. The lowest BCUT2D eigenvalue weighted by molar-refractivity contribution is -0.269. The quantitative estimate of drug-likeness (QED) is 0.301. The van der Waals surface area contributed by atoms with Gasteiger partial charge in [0.1, 0.15) is 0 Å². The van der Waals surface area contributed by atoms with E-state index in [9.17, 15) is 48.5 Å². The van der Waals surface area contributed by atoms with E-state index < -0.39 is 62.1 Å². The molecule has 1 aliphatic rings. The van der Waals surface area contributed by atoms with E-state index in [4.69, 9.17) is 16.7 Å². The van der Waals surface area contributed by atoms with Gasteiger partial charge in [-0.15, -0.1) is 0 Å². The summed E-state index contributed by atoms with van der Waals surface area (Å²) < 4.78 is 134. The number of carbonyl (C=O) groups is 1. The van der Waals surface area contributed by atoms with Crippen molar-refractivity contribution in [1.82, 2.24) is 10.8 Å². The number of hydroxylamine groups is 1. The molecule has 6 nitrogen and oxygen atoms in total. The largest absolute Gasteiger partial charge is 0.428 e. The average Bonchev–Trinajstić information content (AvgIpc) is 3.29. The molecule has 2 unspecified atom stereocenters. The Kier molecular flexibility index (Phi) is 8.52. The minimum absolute atomic E-state index is 0.0114. The second-order valence-corrected chi connectivity index (χ2v) is 11.3. The molecule has 40 heavy (non-hydrogen) atoms. The zero-order chi connectivity index (χ0) is 30.3. The molecule has 0 aromatic heterocycles. The summed E-state index contributed by atoms with van der Waals surface area (Å²) in [6.07, 6.45) is -16.0. The van der Waals surface area contributed by atoms with Crippen LogP contribution in [0, 0.1) is 0 Å². The maximum atomic E-state index is 14.2. The van der Waals surface area contributed by atoms with Gasteiger partial charge in [0.15, 0.2) is 0 Å². The summed E-state index contributed by atoms with van der Waals surface area (Å²) >= 11 is 6.16. The summed E-state index contributed by atoms with van der Waals surface area (Å²) in [6.45, 7) is 1.31. The van der Waals surface area contributed by atoms with Crippen molar-refractivity contribution in [2.75, 3.05) is 5.75 Å². The third-order valence-corrected chi connectivity index (χ3v) is 7.55. The van der Waals surface area contributed by atoms with Crippen molar-refractivity contribution in [2.24, 2.45) is 5.14 Å². The van der Waals surface area contributed by atoms with Gasteiger partial charge in [-0.2, -0.15) is 39.5 Å². The molecule has 17 heteroatoms. The zero-order valence-electron chi connectivity index (χ0n) is 20.0. The van der Waals surface area contributed by atoms with Crippen LogP contribution in [0.2, 0.25) is 5.02 Å². The number of amides is 1. The first kappa shape index (κ1) is 31.6. The van der Waals surface area contributed by atoms with Crippen LogP contribution in [0.1, 0.15) is 34.7 Å². The molecule has 0 fully saturated rings. The van der Waals surface area contributed by atoms with Gasteiger partial charge >= 0.3 is 18.5 Å². The third kappa shape index (κ3) is 6.85. The molecule has 2 aromatic carbocycles. The second-order valence-electron chi connectivity index (χ2n) is 8.50. The van der Waals surface area contributed by atoms with Crippen molar-refractivity contribution in [1.29, 1.82) is 0 Å². The van der Waals surface area contributed by atoms with Crippen molar-refractivity contribution in [3.05, 3.63) is 75.3 Å². The maximum absolute atomic E-state index is 14.2. The molecular formula is C23H19ClF9N3O3S. The Labute approximate surface area is 226 Å². The summed E-state index contributed by atoms with van der Waals surface area (Å²) in [4.78, 5) is 16.6. The monoisotopic (exact) mass is 623 g/mol. The summed E-state index contributed by atoms with van der Waals surface area (Å²) in [5.74, 6) is -0.755. The molecule has 0 saturated heterocycles. The van der Waals surface area contributed by atoms with Crippen molar-refractivity contribution in [3.63, 3.8) is 0 Å². The molecule has 0 spiro atoms. The number of nitrogens with one attached hydrogen (secondary N) is 2. The van der Waals surface area contributed by atoms with Gasteiger partial charge in [0, 0.05) is 38.2 Å². The van der Waals surface area contributed by atoms with Gasteiger partial charge in [0.05, 0.1) is 22.2 Å². The van der Waals surface area contributed by atoms with E-state index in [0.717, 1.165) is 11.4 Å². The van der Waals surface area contributed by atoms with E-state index in [1.807, 2.05) is 5.48 Å². The fourth-order valence-corrected chi connectivity index (χ4v) is 4.36. The van der Waals surface area contributed by atoms with E-state index >= 15 is 0 Å². The van der Waals surface area contributed by atoms with Crippen LogP contribution in [0.25, 0.3) is 5.70 Å².